The maximum Gasteiger partial charge on any atom is 0.258 e. The number of nitrogens with zero attached hydrogens (tertiary/aromatic N) is 3. The lowest BCUT2D eigenvalue weighted by atomic mass is 9.93. The number of thiocarbonyl (C=S) groups is 1. The van der Waals surface area contributed by atoms with Gasteiger partial charge in [-0.05, 0) is 60.6 Å². The average Bonchev–Trinajstić information content (AvgIpc) is 3.54. The van der Waals surface area contributed by atoms with E-state index in [-0.39, 0.29) is 6.04 Å². The van der Waals surface area contributed by atoms with Crippen LogP contribution in [0, 0.1) is 6.92 Å². The molecule has 2 aromatic heterocycles. The largest absolute Gasteiger partial charge is 0.351 e. The molecule has 34 heavy (non-hydrogen) atoms. The van der Waals surface area contributed by atoms with Gasteiger partial charge in [0.15, 0.2) is 5.11 Å². The Hall–Kier alpha value is -3.29. The highest BCUT2D eigenvalue weighted by Crippen LogP contribution is 2.38. The molecular formula is C27H26N4OS2. The van der Waals surface area contributed by atoms with Gasteiger partial charge in [0.1, 0.15) is 0 Å². The van der Waals surface area contributed by atoms with E-state index in [1.54, 1.807) is 11.3 Å². The Morgan fingerprint density at radius 3 is 2.59 bits per heavy atom. The number of thiophene rings is 1. The van der Waals surface area contributed by atoms with Gasteiger partial charge < -0.3 is 14.7 Å². The zero-order chi connectivity index (χ0) is 23.7. The van der Waals surface area contributed by atoms with E-state index in [0.717, 1.165) is 28.1 Å². The van der Waals surface area contributed by atoms with Crippen molar-refractivity contribution >= 4 is 34.2 Å². The van der Waals surface area contributed by atoms with E-state index in [4.69, 9.17) is 21.7 Å². The molecule has 0 saturated heterocycles. The SMILES string of the molecule is CCc1ccc(C2NC(=S)N(Cc3cccc(C)c3)C(C)=C2c2nc(-c3cccs3)no2)cc1. The summed E-state index contributed by atoms with van der Waals surface area (Å²) in [5.74, 6) is 1.11. The van der Waals surface area contributed by atoms with E-state index in [0.29, 0.717) is 23.4 Å². The number of hydrogen-bond acceptors (Lipinski definition) is 5. The highest BCUT2D eigenvalue weighted by atomic mass is 32.1. The summed E-state index contributed by atoms with van der Waals surface area (Å²) in [7, 11) is 0. The molecule has 0 aliphatic carbocycles. The van der Waals surface area contributed by atoms with Gasteiger partial charge in [-0.3, -0.25) is 0 Å². The van der Waals surface area contributed by atoms with Gasteiger partial charge in [0.2, 0.25) is 5.82 Å². The summed E-state index contributed by atoms with van der Waals surface area (Å²) in [4.78, 5) is 7.88. The van der Waals surface area contributed by atoms with Crippen LogP contribution in [0.25, 0.3) is 16.3 Å². The Morgan fingerprint density at radius 1 is 1.06 bits per heavy atom. The van der Waals surface area contributed by atoms with Crippen LogP contribution < -0.4 is 5.32 Å². The third-order valence-corrected chi connectivity index (χ3v) is 7.34. The zero-order valence-corrected chi connectivity index (χ0v) is 21.0. The third-order valence-electron chi connectivity index (χ3n) is 6.14. The first-order valence-electron chi connectivity index (χ1n) is 11.3. The molecular weight excluding hydrogens is 460 g/mol. The lowest BCUT2D eigenvalue weighted by Crippen LogP contribution is -2.45. The van der Waals surface area contributed by atoms with Crippen LogP contribution in [0.2, 0.25) is 0 Å². The smallest absolute Gasteiger partial charge is 0.258 e. The topological polar surface area (TPSA) is 54.2 Å². The van der Waals surface area contributed by atoms with Crippen LogP contribution in [-0.4, -0.2) is 20.2 Å². The van der Waals surface area contributed by atoms with Crippen molar-refractivity contribution in [1.82, 2.24) is 20.4 Å². The second-order valence-electron chi connectivity index (χ2n) is 8.45. The molecule has 172 valence electrons. The molecule has 5 nitrogen and oxygen atoms in total. The summed E-state index contributed by atoms with van der Waals surface area (Å²) in [6.45, 7) is 7.01. The molecule has 7 heteroatoms. The summed E-state index contributed by atoms with van der Waals surface area (Å²) in [6.07, 6.45) is 0.997. The van der Waals surface area contributed by atoms with E-state index >= 15 is 0 Å². The Kier molecular flexibility index (Phi) is 6.30. The molecule has 1 atom stereocenters. The number of allylic oxidation sites excluding steroid dienone is 1. The molecule has 0 fully saturated rings. The fourth-order valence-corrected chi connectivity index (χ4v) is 5.24. The predicted molar refractivity (Wildman–Crippen MR) is 141 cm³/mol. The molecule has 0 saturated carbocycles. The van der Waals surface area contributed by atoms with Gasteiger partial charge in [0.05, 0.1) is 16.5 Å². The van der Waals surface area contributed by atoms with Crippen molar-refractivity contribution in [2.75, 3.05) is 0 Å². The highest BCUT2D eigenvalue weighted by molar-refractivity contribution is 7.80. The van der Waals surface area contributed by atoms with Crippen molar-refractivity contribution in [2.45, 2.75) is 39.8 Å². The van der Waals surface area contributed by atoms with Crippen LogP contribution >= 0.6 is 23.6 Å². The zero-order valence-electron chi connectivity index (χ0n) is 19.4. The van der Waals surface area contributed by atoms with Gasteiger partial charge in [0, 0.05) is 12.2 Å². The molecule has 1 aliphatic rings. The van der Waals surface area contributed by atoms with Gasteiger partial charge >= 0.3 is 0 Å². The molecule has 1 unspecified atom stereocenters. The minimum atomic E-state index is -0.177. The van der Waals surface area contributed by atoms with Crippen molar-refractivity contribution in [2.24, 2.45) is 0 Å². The van der Waals surface area contributed by atoms with Gasteiger partial charge in [-0.2, -0.15) is 4.98 Å². The van der Waals surface area contributed by atoms with Crippen LogP contribution in [0.1, 0.15) is 48.0 Å². The normalized spacial score (nSPS) is 16.1. The Balaban J connectivity index is 1.59. The monoisotopic (exact) mass is 486 g/mol. The van der Waals surface area contributed by atoms with Crippen LogP contribution in [0.3, 0.4) is 0 Å². The molecule has 0 bridgehead atoms. The predicted octanol–water partition coefficient (Wildman–Crippen LogP) is 6.53. The Morgan fingerprint density at radius 2 is 1.88 bits per heavy atom. The van der Waals surface area contributed by atoms with E-state index in [1.165, 1.54) is 16.7 Å². The van der Waals surface area contributed by atoms with E-state index < -0.39 is 0 Å². The summed E-state index contributed by atoms with van der Waals surface area (Å²) >= 11 is 7.44. The number of rotatable bonds is 6. The molecule has 0 amide bonds. The Bertz CT molecular complexity index is 1340. The molecule has 1 aliphatic heterocycles. The molecule has 3 heterocycles. The van der Waals surface area contributed by atoms with Crippen molar-refractivity contribution in [3.8, 4) is 10.7 Å². The fraction of sp³-hybridized carbons (Fsp3) is 0.222. The maximum absolute atomic E-state index is 5.85. The Labute approximate surface area is 209 Å². The summed E-state index contributed by atoms with van der Waals surface area (Å²) < 4.78 is 5.83. The molecule has 1 N–H and O–H groups in total. The fourth-order valence-electron chi connectivity index (χ4n) is 4.28. The van der Waals surface area contributed by atoms with Crippen LogP contribution in [-0.2, 0) is 13.0 Å². The lowest BCUT2D eigenvalue weighted by Gasteiger charge is -2.37. The average molecular weight is 487 g/mol. The van der Waals surface area contributed by atoms with Gasteiger partial charge in [-0.15, -0.1) is 11.3 Å². The lowest BCUT2D eigenvalue weighted by molar-refractivity contribution is 0.396. The number of hydrogen-bond donors (Lipinski definition) is 1. The number of aromatic nitrogens is 2. The third kappa shape index (κ3) is 4.41. The molecule has 2 aromatic carbocycles. The van der Waals surface area contributed by atoms with Crippen LogP contribution in [0.5, 0.6) is 0 Å². The molecule has 5 rings (SSSR count). The van der Waals surface area contributed by atoms with Gasteiger partial charge in [-0.25, -0.2) is 0 Å². The first-order valence-corrected chi connectivity index (χ1v) is 12.6. The van der Waals surface area contributed by atoms with Crippen molar-refractivity contribution in [3.05, 3.63) is 99.9 Å². The second-order valence-corrected chi connectivity index (χ2v) is 9.79. The van der Waals surface area contributed by atoms with Crippen LogP contribution in [0.4, 0.5) is 0 Å². The second kappa shape index (κ2) is 9.52. The highest BCUT2D eigenvalue weighted by Gasteiger charge is 2.34. The first kappa shape index (κ1) is 22.5. The van der Waals surface area contributed by atoms with Crippen molar-refractivity contribution < 1.29 is 4.52 Å². The minimum absolute atomic E-state index is 0.177. The minimum Gasteiger partial charge on any atom is -0.351 e. The standard InChI is InChI=1S/C27H26N4OS2/c1-4-19-10-12-21(13-11-19)24-23(26-29-25(30-32-26)22-9-6-14-34-22)18(3)31(27(33)28-24)16-20-8-5-7-17(2)15-20/h5-15,24H,4,16H2,1-3H3,(H,28,33). The molecule has 0 spiro atoms. The van der Waals surface area contributed by atoms with Crippen molar-refractivity contribution in [1.29, 1.82) is 0 Å². The number of aryl methyl sites for hydroxylation is 2. The van der Waals surface area contributed by atoms with E-state index in [1.807, 2.05) is 17.5 Å². The number of nitrogens with one attached hydrogen (secondary N) is 1. The van der Waals surface area contributed by atoms with E-state index in [2.05, 4.69) is 84.7 Å². The molecule has 0 radical (unpaired) electrons. The van der Waals surface area contributed by atoms with E-state index in [9.17, 15) is 0 Å². The maximum atomic E-state index is 5.85. The summed E-state index contributed by atoms with van der Waals surface area (Å²) in [5, 5.41) is 10.5. The quantitative estimate of drug-likeness (QED) is 0.313. The first-order chi connectivity index (χ1) is 16.5. The summed E-state index contributed by atoms with van der Waals surface area (Å²) in [5.41, 5.74) is 6.78. The van der Waals surface area contributed by atoms with Gasteiger partial charge in [0.25, 0.3) is 5.89 Å². The molecule has 4 aromatic rings. The van der Waals surface area contributed by atoms with Crippen molar-refractivity contribution in [3.63, 3.8) is 0 Å². The number of benzene rings is 2. The van der Waals surface area contributed by atoms with Crippen LogP contribution in [0.15, 0.2) is 76.3 Å². The summed E-state index contributed by atoms with van der Waals surface area (Å²) in [6, 6.07) is 20.9. The van der Waals surface area contributed by atoms with Gasteiger partial charge in [-0.1, -0.05) is 72.2 Å².